The number of carbonyl (C=O) groups excluding carboxylic acids is 2. The van der Waals surface area contributed by atoms with Crippen molar-refractivity contribution in [1.29, 1.82) is 0 Å². The standard InChI is InChI=1S/C56H46Cl2N20O20S6/c1-26-15-28-19-48(103(92,93)94)45(25-37(28)46(16-26)101(86,87)88)78-76-39-11-6-31(21-43(39)65-52(60)80)61-53-67-49(57)68-54(71-53)63-33-7-12-40(74-73-30-3-8-34(9-4-30)99(81,82)14-13-98-104(95,96)97)44(22-33)66-56-70-50(58)69-55(72-56)62-32-5-10-38(42(20-32)64-51(59)79)75-77-41-24-36-29(17-27(41)2)18-35(100(83,84)85)23-47(36)102(89,90)91/h3-12,15-25H,13-14H2,1-2H3,(H3,59,64,79)(H3,60,65,80)(H,83,84,85)(H,86,87,88)(H,89,90,91)(H,92,93,94)(H,95,96,97)(H2,61,63,67,68,71)(H2,62,66,69,70,72). The van der Waals surface area contributed by atoms with E-state index in [2.05, 4.69) is 96.7 Å². The number of benzene rings is 8. The van der Waals surface area contributed by atoms with Gasteiger partial charge in [0.15, 0.2) is 9.84 Å². The molecule has 15 N–H and O–H groups in total. The molecule has 0 saturated carbocycles. The third kappa shape index (κ3) is 19.3. The molecule has 48 heteroatoms. The molecule has 2 heterocycles. The molecular formula is C56H46Cl2N20O20S6. The SMILES string of the molecule is Cc1cc(S(=O)(=O)O)c2cc(N=Nc3ccc(Nc4nc(Cl)nc(Nc5ccc(N=Nc6ccc(S(=O)(=O)CCOS(=O)(=O)O)cc6)c(Nc6nc(Cl)nc(Nc7ccc(N=Nc8cc9c(S(=O)(=O)O)cc(S(=O)(=O)O)cc9cc8C)c(NC(N)=O)c7)n6)c5)n4)cc3NC(N)=O)c(S(=O)(=O)O)cc2c1. The Labute approximate surface area is 596 Å². The van der Waals surface area contributed by atoms with E-state index in [1.165, 1.54) is 98.8 Å². The molecule has 104 heavy (non-hydrogen) atoms. The molecule has 0 saturated heterocycles. The normalized spacial score (nSPS) is 12.5. The minimum atomic E-state index is -5.08. The van der Waals surface area contributed by atoms with Gasteiger partial charge in [0.1, 0.15) is 37.4 Å². The van der Waals surface area contributed by atoms with Gasteiger partial charge in [-0.1, -0.05) is 6.07 Å². The van der Waals surface area contributed by atoms with E-state index in [0.29, 0.717) is 17.2 Å². The van der Waals surface area contributed by atoms with Crippen molar-refractivity contribution in [2.24, 2.45) is 42.2 Å². The van der Waals surface area contributed by atoms with Gasteiger partial charge >= 0.3 is 22.5 Å². The number of nitrogens with two attached hydrogens (primary N) is 2. The number of amides is 4. The molecule has 2 aromatic heterocycles. The lowest BCUT2D eigenvalue weighted by atomic mass is 10.1. The smallest absolute Gasteiger partial charge is 0.351 e. The van der Waals surface area contributed by atoms with Gasteiger partial charge in [-0.25, -0.2) is 22.2 Å². The maximum absolute atomic E-state index is 12.9. The Hall–Kier alpha value is -11.1. The first kappa shape index (κ1) is 75.5. The molecule has 0 radical (unpaired) electrons. The van der Waals surface area contributed by atoms with Gasteiger partial charge in [-0.3, -0.25) is 22.8 Å². The minimum Gasteiger partial charge on any atom is -0.351 e. The van der Waals surface area contributed by atoms with Crippen molar-refractivity contribution in [3.63, 3.8) is 0 Å². The fourth-order valence-corrected chi connectivity index (χ4v) is 14.0. The van der Waals surface area contributed by atoms with Crippen LogP contribution in [0, 0.1) is 13.8 Å². The van der Waals surface area contributed by atoms with Crippen LogP contribution in [0.1, 0.15) is 11.1 Å². The molecule has 4 amide bonds. The van der Waals surface area contributed by atoms with Gasteiger partial charge in [0.2, 0.25) is 34.4 Å². The molecule has 0 bridgehead atoms. The molecule has 0 aliphatic rings. The summed E-state index contributed by atoms with van der Waals surface area (Å²) in [5.41, 5.74) is 11.2. The van der Waals surface area contributed by atoms with E-state index >= 15 is 0 Å². The van der Waals surface area contributed by atoms with Crippen molar-refractivity contribution in [2.75, 3.05) is 44.3 Å². The van der Waals surface area contributed by atoms with Crippen molar-refractivity contribution in [1.82, 2.24) is 29.9 Å². The van der Waals surface area contributed by atoms with Crippen LogP contribution in [0.4, 0.5) is 102 Å². The third-order valence-electron chi connectivity index (χ3n) is 13.8. The fourth-order valence-electron chi connectivity index (χ4n) is 9.42. The Morgan fingerprint density at radius 1 is 0.433 bits per heavy atom. The zero-order valence-corrected chi connectivity index (χ0v) is 58.5. The zero-order chi connectivity index (χ0) is 75.6. The highest BCUT2D eigenvalue weighted by Gasteiger charge is 2.25. The Morgan fingerprint density at radius 2 is 0.856 bits per heavy atom. The topological polar surface area (TPSA) is 625 Å². The van der Waals surface area contributed by atoms with E-state index < -0.39 is 116 Å². The summed E-state index contributed by atoms with van der Waals surface area (Å²) in [4.78, 5) is 46.7. The van der Waals surface area contributed by atoms with Gasteiger partial charge in [0.05, 0.1) is 50.6 Å². The first-order valence-electron chi connectivity index (χ1n) is 28.3. The number of nitrogens with one attached hydrogen (secondary N) is 6. The number of aromatic nitrogens is 6. The number of anilines is 10. The van der Waals surface area contributed by atoms with Gasteiger partial charge in [0, 0.05) is 27.8 Å². The molecule has 0 aliphatic carbocycles. The van der Waals surface area contributed by atoms with Gasteiger partial charge in [-0.2, -0.15) is 82.2 Å². The number of aryl methyl sites for hydroxylation is 2. The van der Waals surface area contributed by atoms with Crippen molar-refractivity contribution in [2.45, 2.75) is 38.3 Å². The number of halogens is 2. The number of azo groups is 3. The lowest BCUT2D eigenvalue weighted by Gasteiger charge is -2.13. The van der Waals surface area contributed by atoms with Crippen molar-refractivity contribution in [3.8, 4) is 0 Å². The van der Waals surface area contributed by atoms with E-state index in [1.807, 2.05) is 0 Å². The van der Waals surface area contributed by atoms with E-state index in [9.17, 15) is 78.3 Å². The summed E-state index contributed by atoms with van der Waals surface area (Å²) in [6.45, 7) is 2.12. The summed E-state index contributed by atoms with van der Waals surface area (Å²) in [5.74, 6) is -1.76. The van der Waals surface area contributed by atoms with Crippen LogP contribution in [0.5, 0.6) is 0 Å². The first-order valence-corrected chi connectivity index (χ1v) is 37.9. The molecule has 0 unspecified atom stereocenters. The quantitative estimate of drug-likeness (QED) is 0.0187. The second-order valence-electron chi connectivity index (χ2n) is 21.3. The largest absolute Gasteiger partial charge is 0.397 e. The van der Waals surface area contributed by atoms with Gasteiger partial charge in [0.25, 0.3) is 40.5 Å². The van der Waals surface area contributed by atoms with E-state index in [0.717, 1.165) is 36.4 Å². The number of carbonyl (C=O) groups is 2. The van der Waals surface area contributed by atoms with E-state index in [4.69, 9.17) is 39.2 Å². The van der Waals surface area contributed by atoms with Crippen LogP contribution >= 0.6 is 23.2 Å². The van der Waals surface area contributed by atoms with Crippen molar-refractivity contribution >= 4 is 210 Å². The van der Waals surface area contributed by atoms with Crippen LogP contribution in [-0.2, 0) is 64.9 Å². The van der Waals surface area contributed by atoms with Crippen LogP contribution in [0.15, 0.2) is 183 Å². The van der Waals surface area contributed by atoms with Gasteiger partial charge in [-0.15, -0.1) is 20.5 Å². The van der Waals surface area contributed by atoms with Gasteiger partial charge in [-0.05, 0) is 180 Å². The van der Waals surface area contributed by atoms with Crippen LogP contribution < -0.4 is 43.4 Å². The van der Waals surface area contributed by atoms with Crippen LogP contribution in [0.2, 0.25) is 10.6 Å². The van der Waals surface area contributed by atoms with Crippen LogP contribution in [-0.4, -0.2) is 128 Å². The number of rotatable bonds is 25. The monoisotopic (exact) mass is 1580 g/mol. The minimum absolute atomic E-state index is 0.00344. The average Bonchev–Trinajstić information content (AvgIpc) is 0.768. The maximum Gasteiger partial charge on any atom is 0.397 e. The summed E-state index contributed by atoms with van der Waals surface area (Å²) < 4.78 is 199. The molecule has 0 aliphatic heterocycles. The summed E-state index contributed by atoms with van der Waals surface area (Å²) >= 11 is 12.9. The lowest BCUT2D eigenvalue weighted by molar-refractivity contribution is 0.258. The Balaban J connectivity index is 0.941. The summed E-state index contributed by atoms with van der Waals surface area (Å²) in [5, 5.41) is 40.2. The Kier molecular flexibility index (Phi) is 21.6. The second kappa shape index (κ2) is 29.7. The molecule has 40 nitrogen and oxygen atoms in total. The Bertz CT molecular complexity index is 6050. The first-order chi connectivity index (χ1) is 48.6. The lowest BCUT2D eigenvalue weighted by Crippen LogP contribution is -2.19. The fraction of sp³-hybridized carbons (Fsp3) is 0.0714. The summed E-state index contributed by atoms with van der Waals surface area (Å²) in [6, 6.07) is 23.5. The maximum atomic E-state index is 12.9. The average molecular weight is 1580 g/mol. The van der Waals surface area contributed by atoms with Crippen molar-refractivity contribution < 1.29 is 87.0 Å². The number of hydrogen-bond donors (Lipinski definition) is 13. The van der Waals surface area contributed by atoms with Gasteiger partial charge < -0.3 is 43.4 Å². The number of primary amides is 2. The number of sulfone groups is 1. The zero-order valence-electron chi connectivity index (χ0n) is 52.1. The summed E-state index contributed by atoms with van der Waals surface area (Å²) in [6.07, 6.45) is 0. The molecule has 0 fully saturated rings. The number of fused-ring (bicyclic) bond motifs is 2. The van der Waals surface area contributed by atoms with E-state index in [1.54, 1.807) is 0 Å². The molecule has 540 valence electrons. The molecule has 0 atom stereocenters. The predicted octanol–water partition coefficient (Wildman–Crippen LogP) is 11.1. The second-order valence-corrected chi connectivity index (χ2v) is 30.8. The molecule has 10 aromatic rings. The number of hydrogen-bond acceptors (Lipinski definition) is 31. The highest BCUT2D eigenvalue weighted by atomic mass is 35.5. The predicted molar refractivity (Wildman–Crippen MR) is 374 cm³/mol. The molecule has 8 aromatic carbocycles. The summed E-state index contributed by atoms with van der Waals surface area (Å²) in [7, 11) is -29.0. The molecule has 0 spiro atoms. The number of nitrogens with zero attached hydrogens (tertiary/aromatic N) is 12. The highest BCUT2D eigenvalue weighted by Crippen LogP contribution is 2.40. The van der Waals surface area contributed by atoms with E-state index in [-0.39, 0.29) is 118 Å². The third-order valence-corrected chi connectivity index (χ3v) is 19.8. The van der Waals surface area contributed by atoms with Crippen LogP contribution in [0.25, 0.3) is 21.5 Å². The highest BCUT2D eigenvalue weighted by molar-refractivity contribution is 7.91. The van der Waals surface area contributed by atoms with Crippen molar-refractivity contribution in [3.05, 3.63) is 149 Å². The number of urea groups is 2. The van der Waals surface area contributed by atoms with Crippen LogP contribution in [0.3, 0.4) is 0 Å². The molecular weight excluding hydrogens is 1540 g/mol. The molecule has 10 rings (SSSR count). The Morgan fingerprint density at radius 3 is 1.33 bits per heavy atom.